The first-order chi connectivity index (χ1) is 11.5. The average Bonchev–Trinajstić information content (AvgIpc) is 2.59. The van der Waals surface area contributed by atoms with Crippen molar-refractivity contribution in [1.29, 1.82) is 0 Å². The van der Waals surface area contributed by atoms with Crippen LogP contribution in [0.3, 0.4) is 0 Å². The summed E-state index contributed by atoms with van der Waals surface area (Å²) in [5, 5.41) is 8.03. The van der Waals surface area contributed by atoms with Gasteiger partial charge < -0.3 is 5.32 Å². The monoisotopic (exact) mass is 407 g/mol. The van der Waals surface area contributed by atoms with Gasteiger partial charge in [0.1, 0.15) is 6.04 Å². The van der Waals surface area contributed by atoms with Gasteiger partial charge in [-0.3, -0.25) is 4.79 Å². The highest BCUT2D eigenvalue weighted by atomic mass is 79.9. The van der Waals surface area contributed by atoms with E-state index in [9.17, 15) is 4.79 Å². The van der Waals surface area contributed by atoms with Gasteiger partial charge in [0.05, 0.1) is 5.71 Å². The molecule has 2 aromatic rings. The van der Waals surface area contributed by atoms with E-state index in [0.717, 1.165) is 21.4 Å². The quantitative estimate of drug-likeness (QED) is 0.531. The molecule has 0 unspecified atom stereocenters. The normalized spacial score (nSPS) is 12.6. The Labute approximate surface area is 155 Å². The maximum absolute atomic E-state index is 12.3. The van der Waals surface area contributed by atoms with Crippen LogP contribution in [-0.2, 0) is 4.79 Å². The van der Waals surface area contributed by atoms with Crippen molar-refractivity contribution in [2.45, 2.75) is 26.3 Å². The molecule has 2 N–H and O–H groups in total. The second kappa shape index (κ2) is 8.85. The number of nitrogens with zero attached hydrogens (tertiary/aromatic N) is 1. The molecule has 0 aliphatic rings. The topological polar surface area (TPSA) is 53.5 Å². The first kappa shape index (κ1) is 18.5. The van der Waals surface area contributed by atoms with E-state index in [0.29, 0.717) is 11.4 Å². The molecule has 1 amide bonds. The van der Waals surface area contributed by atoms with Gasteiger partial charge in [0.2, 0.25) is 0 Å². The van der Waals surface area contributed by atoms with Crippen LogP contribution in [0.25, 0.3) is 0 Å². The number of carbonyl (C=O) groups excluding carboxylic acids is 1. The number of nitrogens with one attached hydrogen (secondary N) is 2. The number of rotatable bonds is 6. The Morgan fingerprint density at radius 2 is 1.79 bits per heavy atom. The predicted molar refractivity (Wildman–Crippen MR) is 104 cm³/mol. The first-order valence-electron chi connectivity index (χ1n) is 7.61. The summed E-state index contributed by atoms with van der Waals surface area (Å²) in [7, 11) is 0. The molecule has 1 atom stereocenters. The van der Waals surface area contributed by atoms with E-state index in [4.69, 9.17) is 11.6 Å². The van der Waals surface area contributed by atoms with Crippen molar-refractivity contribution in [3.63, 3.8) is 0 Å². The fraction of sp³-hybridized carbons (Fsp3) is 0.222. The number of benzene rings is 2. The molecule has 126 valence electrons. The fourth-order valence-corrected chi connectivity index (χ4v) is 2.46. The maximum atomic E-state index is 12.3. The molecule has 0 saturated heterocycles. The summed E-state index contributed by atoms with van der Waals surface area (Å²) < 4.78 is 1.00. The highest BCUT2D eigenvalue weighted by Crippen LogP contribution is 2.15. The molecule has 0 saturated carbocycles. The summed E-state index contributed by atoms with van der Waals surface area (Å²) in [4.78, 5) is 12.3. The van der Waals surface area contributed by atoms with E-state index in [-0.39, 0.29) is 11.9 Å². The number of carbonyl (C=O) groups is 1. The summed E-state index contributed by atoms with van der Waals surface area (Å²) in [6.45, 7) is 3.80. The van der Waals surface area contributed by atoms with Crippen molar-refractivity contribution in [3.05, 3.63) is 63.6 Å². The van der Waals surface area contributed by atoms with Gasteiger partial charge in [0.25, 0.3) is 5.91 Å². The Kier molecular flexibility index (Phi) is 6.82. The molecule has 2 aromatic carbocycles. The van der Waals surface area contributed by atoms with E-state index >= 15 is 0 Å². The van der Waals surface area contributed by atoms with Crippen LogP contribution in [0.15, 0.2) is 58.1 Å². The fourth-order valence-electron chi connectivity index (χ4n) is 2.07. The van der Waals surface area contributed by atoms with Gasteiger partial charge in [0, 0.05) is 15.2 Å². The van der Waals surface area contributed by atoms with Crippen LogP contribution in [0.5, 0.6) is 0 Å². The average molecular weight is 409 g/mol. The van der Waals surface area contributed by atoms with Crippen LogP contribution in [0, 0.1) is 0 Å². The highest BCUT2D eigenvalue weighted by molar-refractivity contribution is 9.10. The SMILES string of the molecule is CC[C@@H](Nc1ccc(Cl)cc1)C(=O)N/N=C(\C)c1ccc(Br)cc1. The van der Waals surface area contributed by atoms with E-state index in [1.807, 2.05) is 50.2 Å². The van der Waals surface area contributed by atoms with Gasteiger partial charge in [-0.1, -0.05) is 46.6 Å². The summed E-state index contributed by atoms with van der Waals surface area (Å²) >= 11 is 9.26. The molecule has 24 heavy (non-hydrogen) atoms. The zero-order chi connectivity index (χ0) is 17.5. The van der Waals surface area contributed by atoms with Gasteiger partial charge in [-0.25, -0.2) is 5.43 Å². The Morgan fingerprint density at radius 1 is 1.17 bits per heavy atom. The highest BCUT2D eigenvalue weighted by Gasteiger charge is 2.15. The third kappa shape index (κ3) is 5.35. The lowest BCUT2D eigenvalue weighted by Crippen LogP contribution is -2.37. The smallest absolute Gasteiger partial charge is 0.262 e. The predicted octanol–water partition coefficient (Wildman–Crippen LogP) is 4.83. The van der Waals surface area contributed by atoms with E-state index in [1.165, 1.54) is 0 Å². The standard InChI is InChI=1S/C18H19BrClN3O/c1-3-17(21-16-10-8-15(20)9-11-16)18(24)23-22-12(2)13-4-6-14(19)7-5-13/h4-11,17,21H,3H2,1-2H3,(H,23,24)/b22-12+/t17-/m1/s1. The lowest BCUT2D eigenvalue weighted by atomic mass is 10.1. The molecule has 0 bridgehead atoms. The summed E-state index contributed by atoms with van der Waals surface area (Å²) in [5.41, 5.74) is 5.17. The van der Waals surface area contributed by atoms with Gasteiger partial charge in [0.15, 0.2) is 0 Å². The van der Waals surface area contributed by atoms with Crippen LogP contribution in [0.1, 0.15) is 25.8 Å². The molecule has 0 fully saturated rings. The van der Waals surface area contributed by atoms with Gasteiger partial charge >= 0.3 is 0 Å². The largest absolute Gasteiger partial charge is 0.374 e. The van der Waals surface area contributed by atoms with Crippen molar-refractivity contribution in [3.8, 4) is 0 Å². The van der Waals surface area contributed by atoms with Crippen molar-refractivity contribution in [2.75, 3.05) is 5.32 Å². The Hall–Kier alpha value is -1.85. The number of anilines is 1. The molecule has 4 nitrogen and oxygen atoms in total. The number of hydrogen-bond acceptors (Lipinski definition) is 3. The summed E-state index contributed by atoms with van der Waals surface area (Å²) in [6, 6.07) is 14.6. The maximum Gasteiger partial charge on any atom is 0.262 e. The van der Waals surface area contributed by atoms with Crippen molar-refractivity contribution in [1.82, 2.24) is 5.43 Å². The minimum absolute atomic E-state index is 0.177. The van der Waals surface area contributed by atoms with Gasteiger partial charge in [-0.05, 0) is 55.3 Å². The molecule has 0 radical (unpaired) electrons. The molecule has 0 spiro atoms. The van der Waals surface area contributed by atoms with Crippen LogP contribution < -0.4 is 10.7 Å². The number of halogens is 2. The second-order valence-corrected chi connectivity index (χ2v) is 6.64. The molecular formula is C18H19BrClN3O. The zero-order valence-corrected chi connectivity index (χ0v) is 15.9. The molecule has 0 aromatic heterocycles. The molecule has 0 heterocycles. The third-order valence-electron chi connectivity index (χ3n) is 3.51. The van der Waals surface area contributed by atoms with Gasteiger partial charge in [-0.15, -0.1) is 0 Å². The van der Waals surface area contributed by atoms with E-state index in [1.54, 1.807) is 12.1 Å². The number of amides is 1. The van der Waals surface area contributed by atoms with Crippen LogP contribution in [0.2, 0.25) is 5.02 Å². The lowest BCUT2D eigenvalue weighted by Gasteiger charge is -2.16. The molecule has 6 heteroatoms. The lowest BCUT2D eigenvalue weighted by molar-refractivity contribution is -0.121. The zero-order valence-electron chi connectivity index (χ0n) is 13.5. The van der Waals surface area contributed by atoms with Crippen LogP contribution in [0.4, 0.5) is 5.69 Å². The molecular weight excluding hydrogens is 390 g/mol. The van der Waals surface area contributed by atoms with Crippen LogP contribution in [-0.4, -0.2) is 17.7 Å². The van der Waals surface area contributed by atoms with E-state index in [2.05, 4.69) is 31.8 Å². The Balaban J connectivity index is 1.99. The first-order valence-corrected chi connectivity index (χ1v) is 8.79. The molecule has 2 rings (SSSR count). The van der Waals surface area contributed by atoms with Crippen molar-refractivity contribution in [2.24, 2.45) is 5.10 Å². The molecule has 0 aliphatic heterocycles. The second-order valence-electron chi connectivity index (χ2n) is 5.29. The van der Waals surface area contributed by atoms with Gasteiger partial charge in [-0.2, -0.15) is 5.10 Å². The Morgan fingerprint density at radius 3 is 2.38 bits per heavy atom. The number of hydrazone groups is 1. The summed E-state index contributed by atoms with van der Waals surface area (Å²) in [6.07, 6.45) is 0.640. The van der Waals surface area contributed by atoms with Crippen LogP contribution >= 0.6 is 27.5 Å². The van der Waals surface area contributed by atoms with Crippen molar-refractivity contribution < 1.29 is 4.79 Å². The summed E-state index contributed by atoms with van der Waals surface area (Å²) in [5.74, 6) is -0.177. The Bertz CT molecular complexity index is 714. The van der Waals surface area contributed by atoms with E-state index < -0.39 is 0 Å². The molecule has 0 aliphatic carbocycles. The minimum atomic E-state index is -0.368. The minimum Gasteiger partial charge on any atom is -0.374 e. The van der Waals surface area contributed by atoms with Crippen molar-refractivity contribution >= 4 is 44.8 Å². The third-order valence-corrected chi connectivity index (χ3v) is 4.29. The number of hydrogen-bond donors (Lipinski definition) is 2.